The minimum absolute atomic E-state index is 0. The summed E-state index contributed by atoms with van der Waals surface area (Å²) in [6, 6.07) is 20.0. The Morgan fingerprint density at radius 3 is 2.08 bits per heavy atom. The van der Waals surface area contributed by atoms with Crippen molar-refractivity contribution in [2.75, 3.05) is 38.1 Å². The lowest BCUT2D eigenvalue weighted by molar-refractivity contribution is -0.274. The van der Waals surface area contributed by atoms with Crippen LogP contribution in [-0.2, 0) is 19.8 Å². The van der Waals surface area contributed by atoms with Crippen LogP contribution in [0.15, 0.2) is 91.1 Å². The molecule has 0 bridgehead atoms. The highest BCUT2D eigenvalue weighted by atomic mass is 79.9. The molecule has 0 saturated carbocycles. The van der Waals surface area contributed by atoms with Gasteiger partial charge in [0, 0.05) is 69.4 Å². The van der Waals surface area contributed by atoms with Crippen LogP contribution in [0.2, 0.25) is 0 Å². The van der Waals surface area contributed by atoms with Crippen LogP contribution in [0, 0.1) is 0 Å². The Hall–Kier alpha value is -5.09. The fourth-order valence-electron chi connectivity index (χ4n) is 5.79. The standard InChI is InChI=1S/C36H31F6N5O4.BrH/c1-44(33(48)24-5-7-26(8-6-24)35(37,38)39)27-9-14-32(43-21-27)50-29-12-13-30-25(19-29)20-31(45(30)2)34(49)47-17-15-46(16-18-47)22-23-3-10-28(11-4-23)51-36(40,41)42;/h3-14,19-21H,15-18,22H2,1-2H3;1H. The van der Waals surface area contributed by atoms with E-state index in [1.165, 1.54) is 30.3 Å². The van der Waals surface area contributed by atoms with Gasteiger partial charge in [-0.25, -0.2) is 4.98 Å². The fourth-order valence-corrected chi connectivity index (χ4v) is 5.79. The number of amides is 2. The Bertz CT molecular complexity index is 2030. The average molecular weight is 793 g/mol. The molecule has 1 saturated heterocycles. The van der Waals surface area contributed by atoms with Crippen LogP contribution in [0.5, 0.6) is 17.4 Å². The zero-order valence-corrected chi connectivity index (χ0v) is 29.5. The van der Waals surface area contributed by atoms with E-state index in [9.17, 15) is 35.9 Å². The molecule has 16 heteroatoms. The smallest absolute Gasteiger partial charge is 0.439 e. The van der Waals surface area contributed by atoms with E-state index in [4.69, 9.17) is 4.74 Å². The first-order chi connectivity index (χ1) is 24.1. The summed E-state index contributed by atoms with van der Waals surface area (Å²) in [5.41, 5.74) is 1.80. The van der Waals surface area contributed by atoms with Gasteiger partial charge in [-0.2, -0.15) is 13.2 Å². The number of hydrogen-bond acceptors (Lipinski definition) is 6. The molecule has 1 aliphatic rings. The number of piperazine rings is 1. The zero-order chi connectivity index (χ0) is 36.5. The molecule has 1 aliphatic heterocycles. The van der Waals surface area contributed by atoms with Gasteiger partial charge in [-0.3, -0.25) is 14.5 Å². The van der Waals surface area contributed by atoms with E-state index < -0.39 is 24.0 Å². The van der Waals surface area contributed by atoms with E-state index in [2.05, 4.69) is 14.6 Å². The average Bonchev–Trinajstić information content (AvgIpc) is 3.43. The number of anilines is 1. The molecule has 0 aliphatic carbocycles. The van der Waals surface area contributed by atoms with Crippen molar-refractivity contribution in [1.29, 1.82) is 0 Å². The molecular formula is C36H32BrF6N5O4. The highest BCUT2D eigenvalue weighted by molar-refractivity contribution is 8.93. The van der Waals surface area contributed by atoms with Crippen molar-refractivity contribution < 1.29 is 45.4 Å². The van der Waals surface area contributed by atoms with Crippen LogP contribution in [0.3, 0.4) is 0 Å². The van der Waals surface area contributed by atoms with Crippen LogP contribution >= 0.6 is 17.0 Å². The summed E-state index contributed by atoms with van der Waals surface area (Å²) in [7, 11) is 3.30. The predicted molar refractivity (Wildman–Crippen MR) is 186 cm³/mol. The van der Waals surface area contributed by atoms with E-state index in [0.29, 0.717) is 49.9 Å². The fraction of sp³-hybridized carbons (Fsp3) is 0.250. The maximum atomic E-state index is 13.5. The second-order valence-corrected chi connectivity index (χ2v) is 12.0. The first-order valence-corrected chi connectivity index (χ1v) is 15.7. The van der Waals surface area contributed by atoms with Gasteiger partial charge in [-0.1, -0.05) is 12.1 Å². The third-order valence-corrected chi connectivity index (χ3v) is 8.55. The molecule has 3 aromatic carbocycles. The van der Waals surface area contributed by atoms with Crippen molar-refractivity contribution in [2.45, 2.75) is 19.1 Å². The Kier molecular flexibility index (Phi) is 11.2. The van der Waals surface area contributed by atoms with E-state index in [0.717, 1.165) is 40.7 Å². The van der Waals surface area contributed by atoms with Gasteiger partial charge < -0.3 is 23.8 Å². The van der Waals surface area contributed by atoms with Crippen molar-refractivity contribution >= 4 is 45.4 Å². The molecule has 274 valence electrons. The first-order valence-electron chi connectivity index (χ1n) is 15.7. The highest BCUT2D eigenvalue weighted by Crippen LogP contribution is 2.31. The number of alkyl halides is 6. The molecule has 0 unspecified atom stereocenters. The molecule has 0 atom stereocenters. The lowest BCUT2D eigenvalue weighted by Gasteiger charge is -2.34. The molecular weight excluding hydrogens is 760 g/mol. The number of pyridine rings is 1. The summed E-state index contributed by atoms with van der Waals surface area (Å²) >= 11 is 0. The van der Waals surface area contributed by atoms with Crippen LogP contribution in [0.25, 0.3) is 10.9 Å². The highest BCUT2D eigenvalue weighted by Gasteiger charge is 2.32. The Balaban J connectivity index is 0.00000523. The Morgan fingerprint density at radius 1 is 0.827 bits per heavy atom. The quantitative estimate of drug-likeness (QED) is 0.148. The predicted octanol–water partition coefficient (Wildman–Crippen LogP) is 8.10. The summed E-state index contributed by atoms with van der Waals surface area (Å²) in [4.78, 5) is 35.8. The van der Waals surface area contributed by atoms with Gasteiger partial charge in [0.1, 0.15) is 17.2 Å². The maximum Gasteiger partial charge on any atom is 0.573 e. The third kappa shape index (κ3) is 8.85. The molecule has 9 nitrogen and oxygen atoms in total. The number of carbonyl (C=O) groups excluding carboxylic acids is 2. The molecule has 3 heterocycles. The normalized spacial score (nSPS) is 13.8. The van der Waals surface area contributed by atoms with E-state index >= 15 is 0 Å². The summed E-state index contributed by atoms with van der Waals surface area (Å²) in [6.07, 6.45) is -7.83. The van der Waals surface area contributed by atoms with Gasteiger partial charge in [0.2, 0.25) is 5.88 Å². The van der Waals surface area contributed by atoms with Gasteiger partial charge in [0.15, 0.2) is 0 Å². The van der Waals surface area contributed by atoms with Crippen molar-refractivity contribution in [1.82, 2.24) is 19.4 Å². The van der Waals surface area contributed by atoms with Crippen LogP contribution in [0.4, 0.5) is 32.0 Å². The monoisotopic (exact) mass is 791 g/mol. The number of aryl methyl sites for hydroxylation is 1. The van der Waals surface area contributed by atoms with Crippen molar-refractivity contribution in [2.24, 2.45) is 7.05 Å². The molecule has 5 aromatic rings. The summed E-state index contributed by atoms with van der Waals surface area (Å²) < 4.78 is 87.6. The van der Waals surface area contributed by atoms with Crippen molar-refractivity contribution in [3.8, 4) is 17.4 Å². The number of benzene rings is 3. The second-order valence-electron chi connectivity index (χ2n) is 12.0. The number of hydrogen-bond donors (Lipinski definition) is 0. The maximum absolute atomic E-state index is 13.5. The van der Waals surface area contributed by atoms with E-state index in [-0.39, 0.29) is 40.1 Å². The van der Waals surface area contributed by atoms with Crippen LogP contribution < -0.4 is 14.4 Å². The molecule has 2 amide bonds. The Labute approximate surface area is 304 Å². The van der Waals surface area contributed by atoms with E-state index in [1.807, 2.05) is 10.6 Å². The number of halogens is 7. The van der Waals surface area contributed by atoms with Gasteiger partial charge >= 0.3 is 12.5 Å². The van der Waals surface area contributed by atoms with Crippen LogP contribution in [-0.4, -0.2) is 70.8 Å². The SMILES string of the molecule is Br.CN(C(=O)c1ccc(C(F)(F)F)cc1)c1ccc(Oc2ccc3c(c2)cc(C(=O)N2CCN(Cc4ccc(OC(F)(F)F)cc4)CC2)n3C)nc1. The number of fused-ring (bicyclic) bond motifs is 1. The number of nitrogens with zero attached hydrogens (tertiary/aromatic N) is 5. The second kappa shape index (κ2) is 15.3. The van der Waals surface area contributed by atoms with Gasteiger partial charge in [0.05, 0.1) is 17.4 Å². The number of aromatic nitrogens is 2. The molecule has 1 fully saturated rings. The minimum atomic E-state index is -4.74. The summed E-state index contributed by atoms with van der Waals surface area (Å²) in [5.74, 6) is -0.204. The van der Waals surface area contributed by atoms with E-state index in [1.54, 1.807) is 54.4 Å². The lowest BCUT2D eigenvalue weighted by Crippen LogP contribution is -2.48. The molecule has 2 aromatic heterocycles. The number of rotatable bonds is 8. The Morgan fingerprint density at radius 2 is 1.48 bits per heavy atom. The van der Waals surface area contributed by atoms with Crippen LogP contribution in [0.1, 0.15) is 32.0 Å². The van der Waals surface area contributed by atoms with Gasteiger partial charge in [0.25, 0.3) is 11.8 Å². The molecule has 52 heavy (non-hydrogen) atoms. The molecule has 0 radical (unpaired) electrons. The molecule has 0 N–H and O–H groups in total. The largest absolute Gasteiger partial charge is 0.573 e. The van der Waals surface area contributed by atoms with Crippen molar-refractivity contribution in [3.63, 3.8) is 0 Å². The topological polar surface area (TPSA) is 80.1 Å². The summed E-state index contributed by atoms with van der Waals surface area (Å²) in [6.45, 7) is 2.69. The lowest BCUT2D eigenvalue weighted by atomic mass is 10.1. The van der Waals surface area contributed by atoms with Crippen molar-refractivity contribution in [3.05, 3.63) is 114 Å². The molecule has 0 spiro atoms. The number of carbonyl (C=O) groups is 2. The van der Waals surface area contributed by atoms with Gasteiger partial charge in [-0.15, -0.1) is 30.2 Å². The minimum Gasteiger partial charge on any atom is -0.439 e. The summed E-state index contributed by atoms with van der Waals surface area (Å²) in [5, 5.41) is 0.772. The molecule has 6 rings (SSSR count). The third-order valence-electron chi connectivity index (χ3n) is 8.55. The van der Waals surface area contributed by atoms with Gasteiger partial charge in [-0.05, 0) is 72.3 Å². The zero-order valence-electron chi connectivity index (χ0n) is 27.7. The number of ether oxygens (including phenoxy) is 2. The first kappa shape index (κ1) is 38.1.